The molecule has 19 heavy (non-hydrogen) atoms. The minimum atomic E-state index is 0.710. The number of piperidine rings is 1. The maximum absolute atomic E-state index is 3.95. The summed E-state index contributed by atoms with van der Waals surface area (Å²) in [7, 11) is 2.26. The van der Waals surface area contributed by atoms with Crippen molar-refractivity contribution in [2.24, 2.45) is 0 Å². The third-order valence-corrected chi connectivity index (χ3v) is 5.17. The Bertz CT molecular complexity index is 267. The molecule has 2 rings (SSSR count). The van der Waals surface area contributed by atoms with Crippen molar-refractivity contribution in [1.29, 1.82) is 0 Å². The van der Waals surface area contributed by atoms with E-state index >= 15 is 0 Å². The van der Waals surface area contributed by atoms with E-state index in [9.17, 15) is 0 Å². The molecule has 0 aromatic rings. The Balaban J connectivity index is 1.77. The molecule has 3 nitrogen and oxygen atoms in total. The van der Waals surface area contributed by atoms with Crippen molar-refractivity contribution in [2.45, 2.75) is 77.0 Å². The fraction of sp³-hybridized carbons (Fsp3) is 1.00. The molecule has 0 saturated carbocycles. The van der Waals surface area contributed by atoms with Crippen molar-refractivity contribution in [3.63, 3.8) is 0 Å². The fourth-order valence-corrected chi connectivity index (χ4v) is 3.58. The summed E-state index contributed by atoms with van der Waals surface area (Å²) in [4.78, 5) is 5.13. The Morgan fingerprint density at radius 1 is 1.00 bits per heavy atom. The van der Waals surface area contributed by atoms with Gasteiger partial charge in [-0.15, -0.1) is 0 Å². The molecule has 3 heteroatoms. The molecular weight excluding hydrogens is 234 g/mol. The summed E-state index contributed by atoms with van der Waals surface area (Å²) in [6.45, 7) is 10.8. The lowest BCUT2D eigenvalue weighted by atomic mass is 9.97. The van der Waals surface area contributed by atoms with Crippen LogP contribution in [0.25, 0.3) is 0 Å². The standard InChI is InChI=1S/C16H33N3/c1-13(2)19-9-5-6-15(8-11-19)17-16-7-10-18(4)14(3)12-16/h13-17H,5-12H2,1-4H3. The molecule has 0 radical (unpaired) electrons. The highest BCUT2D eigenvalue weighted by Gasteiger charge is 2.26. The van der Waals surface area contributed by atoms with Crippen LogP contribution in [-0.2, 0) is 0 Å². The van der Waals surface area contributed by atoms with Gasteiger partial charge in [0.15, 0.2) is 0 Å². The fourth-order valence-electron chi connectivity index (χ4n) is 3.58. The Morgan fingerprint density at radius 3 is 2.42 bits per heavy atom. The predicted octanol–water partition coefficient (Wildman–Crippen LogP) is 2.32. The number of nitrogens with zero attached hydrogens (tertiary/aromatic N) is 2. The largest absolute Gasteiger partial charge is 0.311 e. The van der Waals surface area contributed by atoms with E-state index < -0.39 is 0 Å². The second kappa shape index (κ2) is 7.05. The third-order valence-electron chi connectivity index (χ3n) is 5.17. The van der Waals surface area contributed by atoms with E-state index in [1.807, 2.05) is 0 Å². The van der Waals surface area contributed by atoms with Crippen molar-refractivity contribution >= 4 is 0 Å². The van der Waals surface area contributed by atoms with Crippen LogP contribution in [0.5, 0.6) is 0 Å². The highest BCUT2D eigenvalue weighted by Crippen LogP contribution is 2.19. The Kier molecular flexibility index (Phi) is 5.67. The van der Waals surface area contributed by atoms with E-state index in [4.69, 9.17) is 0 Å². The predicted molar refractivity (Wildman–Crippen MR) is 82.6 cm³/mol. The first-order valence-electron chi connectivity index (χ1n) is 8.26. The lowest BCUT2D eigenvalue weighted by Gasteiger charge is -2.37. The van der Waals surface area contributed by atoms with Crippen LogP contribution >= 0.6 is 0 Å². The molecule has 3 unspecified atom stereocenters. The first-order chi connectivity index (χ1) is 9.06. The van der Waals surface area contributed by atoms with Gasteiger partial charge in [0.2, 0.25) is 0 Å². The lowest BCUT2D eigenvalue weighted by Crippen LogP contribution is -2.48. The first kappa shape index (κ1) is 15.3. The molecule has 2 fully saturated rings. The van der Waals surface area contributed by atoms with E-state index in [1.165, 1.54) is 51.7 Å². The Hall–Kier alpha value is -0.120. The Morgan fingerprint density at radius 2 is 1.74 bits per heavy atom. The molecule has 0 aromatic carbocycles. The Labute approximate surface area is 119 Å². The molecule has 112 valence electrons. The van der Waals surface area contributed by atoms with Crippen LogP contribution in [0.4, 0.5) is 0 Å². The van der Waals surface area contributed by atoms with Crippen LogP contribution in [0.1, 0.15) is 52.9 Å². The van der Waals surface area contributed by atoms with Crippen LogP contribution in [0.2, 0.25) is 0 Å². The third kappa shape index (κ3) is 4.44. The first-order valence-corrected chi connectivity index (χ1v) is 8.26. The average Bonchev–Trinajstić information content (AvgIpc) is 2.59. The van der Waals surface area contributed by atoms with E-state index in [0.29, 0.717) is 6.04 Å². The van der Waals surface area contributed by atoms with Gasteiger partial charge in [0, 0.05) is 24.2 Å². The maximum atomic E-state index is 3.95. The summed E-state index contributed by atoms with van der Waals surface area (Å²) in [5.41, 5.74) is 0. The smallest absolute Gasteiger partial charge is 0.00966 e. The van der Waals surface area contributed by atoms with Gasteiger partial charge in [0.05, 0.1) is 0 Å². The van der Waals surface area contributed by atoms with E-state index in [0.717, 1.165) is 18.1 Å². The van der Waals surface area contributed by atoms with Crippen LogP contribution in [0.15, 0.2) is 0 Å². The van der Waals surface area contributed by atoms with Gasteiger partial charge >= 0.3 is 0 Å². The second-order valence-electron chi connectivity index (χ2n) is 6.98. The van der Waals surface area contributed by atoms with Crippen molar-refractivity contribution in [3.8, 4) is 0 Å². The molecule has 2 aliphatic rings. The van der Waals surface area contributed by atoms with Crippen LogP contribution in [0, 0.1) is 0 Å². The van der Waals surface area contributed by atoms with Gasteiger partial charge in [0.1, 0.15) is 0 Å². The molecule has 0 amide bonds. The highest BCUT2D eigenvalue weighted by molar-refractivity contribution is 4.85. The van der Waals surface area contributed by atoms with Gasteiger partial charge in [-0.05, 0) is 79.6 Å². The minimum Gasteiger partial charge on any atom is -0.311 e. The summed E-state index contributed by atoms with van der Waals surface area (Å²) in [6, 6.07) is 2.96. The SMILES string of the molecule is CC1CC(NC2CCCN(C(C)C)CC2)CCN1C. The summed E-state index contributed by atoms with van der Waals surface area (Å²) in [6.07, 6.45) is 6.70. The molecular formula is C16H33N3. The number of hydrogen-bond acceptors (Lipinski definition) is 3. The molecule has 2 aliphatic heterocycles. The van der Waals surface area contributed by atoms with Gasteiger partial charge in [0.25, 0.3) is 0 Å². The van der Waals surface area contributed by atoms with Crippen molar-refractivity contribution in [3.05, 3.63) is 0 Å². The molecule has 0 bridgehead atoms. The minimum absolute atomic E-state index is 0.710. The summed E-state index contributed by atoms with van der Waals surface area (Å²) >= 11 is 0. The van der Waals surface area contributed by atoms with Crippen LogP contribution < -0.4 is 5.32 Å². The van der Waals surface area contributed by atoms with E-state index in [-0.39, 0.29) is 0 Å². The quantitative estimate of drug-likeness (QED) is 0.846. The zero-order chi connectivity index (χ0) is 13.8. The zero-order valence-corrected chi connectivity index (χ0v) is 13.4. The zero-order valence-electron chi connectivity index (χ0n) is 13.4. The van der Waals surface area contributed by atoms with E-state index in [1.54, 1.807) is 0 Å². The second-order valence-corrected chi connectivity index (χ2v) is 6.98. The van der Waals surface area contributed by atoms with Crippen LogP contribution in [-0.4, -0.2) is 60.6 Å². The number of hydrogen-bond donors (Lipinski definition) is 1. The summed E-state index contributed by atoms with van der Waals surface area (Å²) in [5.74, 6) is 0. The number of likely N-dealkylation sites (tertiary alicyclic amines) is 2. The normalized spacial score (nSPS) is 35.5. The van der Waals surface area contributed by atoms with Gasteiger partial charge in [-0.1, -0.05) is 0 Å². The average molecular weight is 267 g/mol. The molecule has 2 heterocycles. The number of rotatable bonds is 3. The topological polar surface area (TPSA) is 18.5 Å². The van der Waals surface area contributed by atoms with E-state index in [2.05, 4.69) is 42.9 Å². The number of nitrogens with one attached hydrogen (secondary N) is 1. The van der Waals surface area contributed by atoms with Crippen LogP contribution in [0.3, 0.4) is 0 Å². The molecule has 0 aromatic heterocycles. The van der Waals surface area contributed by atoms with Gasteiger partial charge in [-0.3, -0.25) is 0 Å². The molecule has 1 N–H and O–H groups in total. The van der Waals surface area contributed by atoms with Gasteiger partial charge < -0.3 is 15.1 Å². The molecule has 0 aliphatic carbocycles. The monoisotopic (exact) mass is 267 g/mol. The highest BCUT2D eigenvalue weighted by atomic mass is 15.2. The molecule has 2 saturated heterocycles. The van der Waals surface area contributed by atoms with Crippen molar-refractivity contribution in [2.75, 3.05) is 26.7 Å². The lowest BCUT2D eigenvalue weighted by molar-refractivity contribution is 0.159. The summed E-state index contributed by atoms with van der Waals surface area (Å²) in [5, 5.41) is 3.95. The maximum Gasteiger partial charge on any atom is 0.00966 e. The van der Waals surface area contributed by atoms with Gasteiger partial charge in [-0.2, -0.15) is 0 Å². The van der Waals surface area contributed by atoms with Crippen molar-refractivity contribution < 1.29 is 0 Å². The molecule has 3 atom stereocenters. The van der Waals surface area contributed by atoms with Crippen molar-refractivity contribution in [1.82, 2.24) is 15.1 Å². The molecule has 0 spiro atoms. The van der Waals surface area contributed by atoms with Gasteiger partial charge in [-0.25, -0.2) is 0 Å². The summed E-state index contributed by atoms with van der Waals surface area (Å²) < 4.78 is 0.